The van der Waals surface area contributed by atoms with Crippen LogP contribution in [0, 0.1) is 6.92 Å². The lowest BCUT2D eigenvalue weighted by Gasteiger charge is -2.21. The fourth-order valence-electron chi connectivity index (χ4n) is 1.69. The summed E-state index contributed by atoms with van der Waals surface area (Å²) in [5, 5.41) is 29.3. The van der Waals surface area contributed by atoms with Gasteiger partial charge in [0.15, 0.2) is 0 Å². The summed E-state index contributed by atoms with van der Waals surface area (Å²) < 4.78 is 0. The molecule has 0 aromatic heterocycles. The predicted octanol–water partition coefficient (Wildman–Crippen LogP) is 0.512. The Hall–Kier alpha value is -2.12. The van der Waals surface area contributed by atoms with Gasteiger partial charge in [-0.2, -0.15) is 0 Å². The third kappa shape index (κ3) is 4.22. The van der Waals surface area contributed by atoms with Gasteiger partial charge in [0.2, 0.25) is 0 Å². The number of rotatable bonds is 6. The quantitative estimate of drug-likeness (QED) is 0.607. The van der Waals surface area contributed by atoms with Crippen molar-refractivity contribution in [1.82, 2.24) is 4.90 Å². The molecule has 7 heteroatoms. The van der Waals surface area contributed by atoms with Crippen molar-refractivity contribution in [3.05, 3.63) is 29.3 Å². The van der Waals surface area contributed by atoms with Crippen molar-refractivity contribution in [1.29, 1.82) is 0 Å². The maximum Gasteiger partial charge on any atom is 0.337 e. The van der Waals surface area contributed by atoms with E-state index in [0.717, 1.165) is 5.56 Å². The number of carboxylic acid groups (broad SMARTS) is 1. The monoisotopic (exact) mass is 282 g/mol. The van der Waals surface area contributed by atoms with Crippen molar-refractivity contribution in [2.75, 3.05) is 31.6 Å². The van der Waals surface area contributed by atoms with E-state index in [1.165, 1.54) is 17.0 Å². The minimum atomic E-state index is -1.14. The van der Waals surface area contributed by atoms with Crippen molar-refractivity contribution in [2.45, 2.75) is 6.92 Å². The molecule has 20 heavy (non-hydrogen) atoms. The van der Waals surface area contributed by atoms with Crippen LogP contribution in [0.1, 0.15) is 15.9 Å². The Morgan fingerprint density at radius 2 is 1.80 bits per heavy atom. The molecule has 0 radical (unpaired) electrons. The Labute approximate surface area is 116 Å². The van der Waals surface area contributed by atoms with Gasteiger partial charge in [-0.05, 0) is 19.1 Å². The van der Waals surface area contributed by atoms with Crippen LogP contribution in [0.15, 0.2) is 18.2 Å². The molecule has 0 spiro atoms. The van der Waals surface area contributed by atoms with Crippen LogP contribution in [0.5, 0.6) is 0 Å². The molecule has 1 aromatic rings. The van der Waals surface area contributed by atoms with Gasteiger partial charge in [0.05, 0.1) is 24.5 Å². The first-order valence-corrected chi connectivity index (χ1v) is 6.11. The highest BCUT2D eigenvalue weighted by Gasteiger charge is 2.16. The Morgan fingerprint density at radius 3 is 2.30 bits per heavy atom. The number of hydrogen-bond acceptors (Lipinski definition) is 4. The van der Waals surface area contributed by atoms with Crippen LogP contribution in [0.25, 0.3) is 0 Å². The smallest absolute Gasteiger partial charge is 0.337 e. The van der Waals surface area contributed by atoms with E-state index < -0.39 is 12.0 Å². The number of aliphatic hydroxyl groups is 2. The number of aryl methyl sites for hydroxylation is 1. The molecule has 0 unspecified atom stereocenters. The largest absolute Gasteiger partial charge is 0.478 e. The van der Waals surface area contributed by atoms with Crippen LogP contribution in [0.4, 0.5) is 10.5 Å². The van der Waals surface area contributed by atoms with E-state index in [0.29, 0.717) is 0 Å². The first-order chi connectivity index (χ1) is 9.49. The first kappa shape index (κ1) is 15.9. The molecule has 0 bridgehead atoms. The number of aromatic carboxylic acids is 1. The molecule has 0 heterocycles. The molecule has 2 amide bonds. The molecule has 0 saturated carbocycles. The fourth-order valence-corrected chi connectivity index (χ4v) is 1.69. The van der Waals surface area contributed by atoms with E-state index in [1.807, 2.05) is 0 Å². The van der Waals surface area contributed by atoms with Gasteiger partial charge in [-0.15, -0.1) is 0 Å². The van der Waals surface area contributed by atoms with Gasteiger partial charge in [0, 0.05) is 13.1 Å². The first-order valence-electron chi connectivity index (χ1n) is 6.11. The van der Waals surface area contributed by atoms with E-state index in [-0.39, 0.29) is 37.6 Å². The van der Waals surface area contributed by atoms with E-state index in [9.17, 15) is 9.59 Å². The second kappa shape index (κ2) is 7.46. The van der Waals surface area contributed by atoms with Gasteiger partial charge in [0.25, 0.3) is 0 Å². The molecule has 0 saturated heterocycles. The van der Waals surface area contributed by atoms with E-state index >= 15 is 0 Å². The van der Waals surface area contributed by atoms with Gasteiger partial charge < -0.3 is 25.5 Å². The number of carbonyl (C=O) groups excluding carboxylic acids is 1. The zero-order valence-electron chi connectivity index (χ0n) is 11.2. The van der Waals surface area contributed by atoms with Gasteiger partial charge in [0.1, 0.15) is 0 Å². The normalized spacial score (nSPS) is 10.2. The number of benzene rings is 1. The summed E-state index contributed by atoms with van der Waals surface area (Å²) in [4.78, 5) is 24.3. The summed E-state index contributed by atoms with van der Waals surface area (Å²) in [6.45, 7) is 1.38. The molecular weight excluding hydrogens is 264 g/mol. The van der Waals surface area contributed by atoms with Crippen LogP contribution < -0.4 is 5.32 Å². The maximum absolute atomic E-state index is 12.0. The number of urea groups is 1. The van der Waals surface area contributed by atoms with Gasteiger partial charge in [-0.25, -0.2) is 9.59 Å². The standard InChI is InChI=1S/C13H18N2O5/c1-9-2-3-11(10(8-9)12(18)19)14-13(20)15(4-6-16)5-7-17/h2-3,8,16-17H,4-7H2,1H3,(H,14,20)(H,18,19). The van der Waals surface area contributed by atoms with Crippen LogP contribution in [0.3, 0.4) is 0 Å². The number of anilines is 1. The van der Waals surface area contributed by atoms with Crippen molar-refractivity contribution in [3.63, 3.8) is 0 Å². The maximum atomic E-state index is 12.0. The zero-order chi connectivity index (χ0) is 15.1. The molecule has 0 fully saturated rings. The topological polar surface area (TPSA) is 110 Å². The summed E-state index contributed by atoms with van der Waals surface area (Å²) >= 11 is 0. The zero-order valence-corrected chi connectivity index (χ0v) is 11.2. The Kier molecular flexibility index (Phi) is 5.95. The molecular formula is C13H18N2O5. The predicted molar refractivity (Wildman–Crippen MR) is 72.9 cm³/mol. The third-order valence-electron chi connectivity index (χ3n) is 2.67. The van der Waals surface area contributed by atoms with Crippen molar-refractivity contribution >= 4 is 17.7 Å². The number of amides is 2. The van der Waals surface area contributed by atoms with Crippen LogP contribution >= 0.6 is 0 Å². The molecule has 0 aliphatic rings. The number of hydrogen-bond donors (Lipinski definition) is 4. The number of carboxylic acids is 1. The highest BCUT2D eigenvalue weighted by atomic mass is 16.4. The Morgan fingerprint density at radius 1 is 1.20 bits per heavy atom. The number of nitrogens with one attached hydrogen (secondary N) is 1. The minimum absolute atomic E-state index is 0.00806. The Bertz CT molecular complexity index is 484. The summed E-state index contributed by atoms with van der Waals surface area (Å²) in [5.74, 6) is -1.14. The second-order valence-corrected chi connectivity index (χ2v) is 4.22. The SMILES string of the molecule is Cc1ccc(NC(=O)N(CCO)CCO)c(C(=O)O)c1. The van der Waals surface area contributed by atoms with Crippen molar-refractivity contribution in [3.8, 4) is 0 Å². The van der Waals surface area contributed by atoms with Crippen LogP contribution in [-0.4, -0.2) is 58.5 Å². The average Bonchev–Trinajstić information content (AvgIpc) is 2.40. The van der Waals surface area contributed by atoms with Crippen molar-refractivity contribution < 1.29 is 24.9 Å². The molecule has 0 aliphatic carbocycles. The van der Waals surface area contributed by atoms with Crippen molar-refractivity contribution in [2.24, 2.45) is 0 Å². The summed E-state index contributed by atoms with van der Waals surface area (Å²) in [7, 11) is 0. The lowest BCUT2D eigenvalue weighted by atomic mass is 10.1. The van der Waals surface area contributed by atoms with E-state index in [2.05, 4.69) is 5.32 Å². The second-order valence-electron chi connectivity index (χ2n) is 4.22. The molecule has 7 nitrogen and oxygen atoms in total. The van der Waals surface area contributed by atoms with Gasteiger partial charge in [-0.3, -0.25) is 0 Å². The molecule has 0 atom stereocenters. The number of carbonyl (C=O) groups is 2. The highest BCUT2D eigenvalue weighted by molar-refractivity contribution is 6.00. The minimum Gasteiger partial charge on any atom is -0.478 e. The summed E-state index contributed by atoms with van der Waals surface area (Å²) in [5.41, 5.74) is 0.934. The van der Waals surface area contributed by atoms with E-state index in [4.69, 9.17) is 15.3 Å². The summed E-state index contributed by atoms with van der Waals surface area (Å²) in [6, 6.07) is 4.08. The molecule has 4 N–H and O–H groups in total. The van der Waals surface area contributed by atoms with E-state index in [1.54, 1.807) is 13.0 Å². The molecule has 1 aromatic carbocycles. The number of nitrogens with zero attached hydrogens (tertiary/aromatic N) is 1. The van der Waals surface area contributed by atoms with Crippen LogP contribution in [-0.2, 0) is 0 Å². The fraction of sp³-hybridized carbons (Fsp3) is 0.385. The molecule has 0 aliphatic heterocycles. The third-order valence-corrected chi connectivity index (χ3v) is 2.67. The molecule has 110 valence electrons. The lowest BCUT2D eigenvalue weighted by molar-refractivity contribution is 0.0698. The summed E-state index contributed by atoms with van der Waals surface area (Å²) in [6.07, 6.45) is 0. The lowest BCUT2D eigenvalue weighted by Crippen LogP contribution is -2.39. The number of aliphatic hydroxyl groups excluding tert-OH is 2. The van der Waals surface area contributed by atoms with Gasteiger partial charge in [-0.1, -0.05) is 11.6 Å². The average molecular weight is 282 g/mol. The molecule has 1 rings (SSSR count). The Balaban J connectivity index is 2.91. The highest BCUT2D eigenvalue weighted by Crippen LogP contribution is 2.18. The van der Waals surface area contributed by atoms with Crippen LogP contribution in [0.2, 0.25) is 0 Å². The van der Waals surface area contributed by atoms with Gasteiger partial charge >= 0.3 is 12.0 Å².